The van der Waals surface area contributed by atoms with Crippen LogP contribution in [-0.4, -0.2) is 21.3 Å². The number of hydrogen-bond donors (Lipinski definition) is 3. The maximum Gasteiger partial charge on any atom is 0.268 e. The largest absolute Gasteiger partial charge is 0.384 e. The Balaban J connectivity index is 1.50. The Labute approximate surface area is 197 Å². The van der Waals surface area contributed by atoms with Gasteiger partial charge in [0, 0.05) is 41.1 Å². The minimum Gasteiger partial charge on any atom is -0.384 e. The van der Waals surface area contributed by atoms with E-state index in [1.54, 1.807) is 6.20 Å². The van der Waals surface area contributed by atoms with Gasteiger partial charge in [-0.25, -0.2) is 0 Å². The summed E-state index contributed by atoms with van der Waals surface area (Å²) < 4.78 is 2.03. The highest BCUT2D eigenvalue weighted by atomic mass is 16.1. The minimum absolute atomic E-state index is 0.0256. The molecular formula is C28H25N5O. The number of benzene rings is 3. The average molecular weight is 448 g/mol. The Morgan fingerprint density at radius 3 is 2.68 bits per heavy atom. The van der Waals surface area contributed by atoms with Gasteiger partial charge in [0.05, 0.1) is 5.52 Å². The number of carbonyl (C=O) groups excluding carboxylic acids is 1. The molecule has 6 nitrogen and oxygen atoms in total. The lowest BCUT2D eigenvalue weighted by molar-refractivity contribution is 0.0942. The first-order chi connectivity index (χ1) is 16.5. The topological polar surface area (TPSA) is 96.8 Å². The summed E-state index contributed by atoms with van der Waals surface area (Å²) in [7, 11) is 0. The number of para-hydroxylation sites is 1. The van der Waals surface area contributed by atoms with Gasteiger partial charge in [-0.1, -0.05) is 48.5 Å². The number of aromatic nitrogens is 2. The molecule has 0 saturated heterocycles. The SMILES string of the molecule is Cc1cccc2c1cc(C(=O)NCc1ccnc3ccccc13)n2Cc1cccc(C(=N)N)c1. The first-order valence-electron chi connectivity index (χ1n) is 11.1. The standard InChI is InChI=1S/C28H25N5O/c1-18-6-4-11-25-23(18)15-26(33(25)17-19-7-5-8-20(14-19)27(29)30)28(34)32-16-21-12-13-31-24-10-3-2-9-22(21)24/h2-15H,16-17H2,1H3,(H3,29,30)(H,32,34). The van der Waals surface area contributed by atoms with Gasteiger partial charge in [0.1, 0.15) is 11.5 Å². The van der Waals surface area contributed by atoms with Gasteiger partial charge in [0.15, 0.2) is 0 Å². The molecule has 0 aliphatic heterocycles. The number of nitrogens with zero attached hydrogens (tertiary/aromatic N) is 2. The minimum atomic E-state index is -0.140. The molecule has 1 amide bonds. The second-order valence-corrected chi connectivity index (χ2v) is 8.41. The zero-order valence-electron chi connectivity index (χ0n) is 18.9. The maximum atomic E-state index is 13.4. The van der Waals surface area contributed by atoms with Crippen molar-refractivity contribution in [3.63, 3.8) is 0 Å². The Morgan fingerprint density at radius 1 is 1.00 bits per heavy atom. The molecule has 6 heteroatoms. The number of amides is 1. The molecule has 0 radical (unpaired) electrons. The van der Waals surface area contributed by atoms with Crippen molar-refractivity contribution in [3.05, 3.63) is 113 Å². The zero-order chi connectivity index (χ0) is 23.7. The van der Waals surface area contributed by atoms with Crippen molar-refractivity contribution in [3.8, 4) is 0 Å². The van der Waals surface area contributed by atoms with E-state index >= 15 is 0 Å². The summed E-state index contributed by atoms with van der Waals surface area (Å²) in [5.41, 5.74) is 12.0. The molecule has 3 aromatic carbocycles. The molecule has 0 saturated carbocycles. The van der Waals surface area contributed by atoms with Gasteiger partial charge in [-0.15, -0.1) is 0 Å². The fourth-order valence-corrected chi connectivity index (χ4v) is 4.39. The van der Waals surface area contributed by atoms with Crippen LogP contribution in [0.25, 0.3) is 21.8 Å². The Morgan fingerprint density at radius 2 is 1.82 bits per heavy atom. The van der Waals surface area contributed by atoms with Crippen molar-refractivity contribution in [1.29, 1.82) is 5.41 Å². The Bertz CT molecular complexity index is 1540. The van der Waals surface area contributed by atoms with Crippen LogP contribution in [0.3, 0.4) is 0 Å². The summed E-state index contributed by atoms with van der Waals surface area (Å²) >= 11 is 0. The zero-order valence-corrected chi connectivity index (χ0v) is 18.9. The third-order valence-electron chi connectivity index (χ3n) is 6.15. The molecule has 0 bridgehead atoms. The van der Waals surface area contributed by atoms with Crippen LogP contribution in [0.5, 0.6) is 0 Å². The van der Waals surface area contributed by atoms with E-state index in [0.29, 0.717) is 24.3 Å². The van der Waals surface area contributed by atoms with Crippen LogP contribution in [0.2, 0.25) is 0 Å². The predicted molar refractivity (Wildman–Crippen MR) is 136 cm³/mol. The van der Waals surface area contributed by atoms with Gasteiger partial charge in [-0.2, -0.15) is 0 Å². The van der Waals surface area contributed by atoms with Crippen LogP contribution < -0.4 is 11.1 Å². The maximum absolute atomic E-state index is 13.4. The van der Waals surface area contributed by atoms with Crippen LogP contribution in [0.1, 0.15) is 32.7 Å². The molecule has 5 aromatic rings. The van der Waals surface area contributed by atoms with E-state index in [-0.39, 0.29) is 11.7 Å². The highest BCUT2D eigenvalue weighted by Crippen LogP contribution is 2.25. The van der Waals surface area contributed by atoms with Crippen molar-refractivity contribution < 1.29 is 4.79 Å². The second-order valence-electron chi connectivity index (χ2n) is 8.41. The summed E-state index contributed by atoms with van der Waals surface area (Å²) in [6.45, 7) is 2.95. The lowest BCUT2D eigenvalue weighted by Gasteiger charge is -2.13. The van der Waals surface area contributed by atoms with Gasteiger partial charge in [0.2, 0.25) is 0 Å². The Kier molecular flexibility index (Phi) is 5.55. The number of pyridine rings is 1. The summed E-state index contributed by atoms with van der Waals surface area (Å²) in [6.07, 6.45) is 1.77. The summed E-state index contributed by atoms with van der Waals surface area (Å²) in [5.74, 6) is -0.114. The molecular weight excluding hydrogens is 422 g/mol. The van der Waals surface area contributed by atoms with E-state index in [1.807, 2.05) is 90.4 Å². The molecule has 0 fully saturated rings. The Hall–Kier alpha value is -4.45. The van der Waals surface area contributed by atoms with Gasteiger partial charge < -0.3 is 15.6 Å². The number of carbonyl (C=O) groups is 1. The first-order valence-corrected chi connectivity index (χ1v) is 11.1. The fraction of sp³-hybridized carbons (Fsp3) is 0.107. The van der Waals surface area contributed by atoms with E-state index in [4.69, 9.17) is 11.1 Å². The van der Waals surface area contributed by atoms with E-state index in [1.165, 1.54) is 0 Å². The number of aryl methyl sites for hydroxylation is 1. The quantitative estimate of drug-likeness (QED) is 0.259. The third-order valence-corrected chi connectivity index (χ3v) is 6.15. The van der Waals surface area contributed by atoms with Crippen LogP contribution in [0, 0.1) is 12.3 Å². The third kappa shape index (κ3) is 4.01. The average Bonchev–Trinajstić information content (AvgIpc) is 3.22. The van der Waals surface area contributed by atoms with E-state index in [0.717, 1.165) is 38.5 Å². The molecule has 168 valence electrons. The lowest BCUT2D eigenvalue weighted by atomic mass is 10.1. The fourth-order valence-electron chi connectivity index (χ4n) is 4.39. The van der Waals surface area contributed by atoms with Crippen LogP contribution in [0.15, 0.2) is 85.1 Å². The number of nitrogens with two attached hydrogens (primary N) is 1. The van der Waals surface area contributed by atoms with Crippen molar-refractivity contribution in [2.24, 2.45) is 5.73 Å². The molecule has 0 aliphatic rings. The first kappa shape index (κ1) is 21.4. The second kappa shape index (κ2) is 8.83. The number of amidine groups is 1. The van der Waals surface area contributed by atoms with Gasteiger partial charge in [-0.05, 0) is 53.9 Å². The van der Waals surface area contributed by atoms with Gasteiger partial charge in [0.25, 0.3) is 5.91 Å². The summed E-state index contributed by atoms with van der Waals surface area (Å²) in [4.78, 5) is 17.8. The number of nitrogen functional groups attached to an aromatic ring is 1. The van der Waals surface area contributed by atoms with Crippen molar-refractivity contribution in [2.75, 3.05) is 0 Å². The molecule has 2 aromatic heterocycles. The predicted octanol–water partition coefficient (Wildman–Crippen LogP) is 4.76. The highest BCUT2D eigenvalue weighted by molar-refractivity contribution is 6.00. The molecule has 5 rings (SSSR count). The molecule has 0 unspecified atom stereocenters. The molecule has 2 heterocycles. The molecule has 0 aliphatic carbocycles. The molecule has 0 atom stereocenters. The molecule has 34 heavy (non-hydrogen) atoms. The summed E-state index contributed by atoms with van der Waals surface area (Å²) in [6, 6.07) is 25.5. The lowest BCUT2D eigenvalue weighted by Crippen LogP contribution is -2.25. The van der Waals surface area contributed by atoms with E-state index in [2.05, 4.69) is 10.3 Å². The number of nitrogens with one attached hydrogen (secondary N) is 2. The van der Waals surface area contributed by atoms with Gasteiger partial charge in [-0.3, -0.25) is 15.2 Å². The monoisotopic (exact) mass is 447 g/mol. The van der Waals surface area contributed by atoms with Crippen molar-refractivity contribution in [2.45, 2.75) is 20.0 Å². The van der Waals surface area contributed by atoms with Crippen molar-refractivity contribution >= 4 is 33.5 Å². The van der Waals surface area contributed by atoms with Gasteiger partial charge >= 0.3 is 0 Å². The number of rotatable bonds is 6. The van der Waals surface area contributed by atoms with Crippen LogP contribution >= 0.6 is 0 Å². The number of fused-ring (bicyclic) bond motifs is 2. The number of hydrogen-bond acceptors (Lipinski definition) is 3. The van der Waals surface area contributed by atoms with Crippen LogP contribution in [0.4, 0.5) is 0 Å². The van der Waals surface area contributed by atoms with E-state index in [9.17, 15) is 4.79 Å². The highest BCUT2D eigenvalue weighted by Gasteiger charge is 2.17. The smallest absolute Gasteiger partial charge is 0.268 e. The van der Waals surface area contributed by atoms with Crippen molar-refractivity contribution in [1.82, 2.24) is 14.9 Å². The molecule has 0 spiro atoms. The molecule has 4 N–H and O–H groups in total. The van der Waals surface area contributed by atoms with E-state index < -0.39 is 0 Å². The van der Waals surface area contributed by atoms with Crippen LogP contribution in [-0.2, 0) is 13.1 Å². The normalized spacial score (nSPS) is 11.1. The summed E-state index contributed by atoms with van der Waals surface area (Å²) in [5, 5.41) is 12.9.